The molecule has 4 rings (SSSR count). The number of hydrogen-bond donors (Lipinski definition) is 1. The van der Waals surface area contributed by atoms with E-state index < -0.39 is 6.17 Å². The summed E-state index contributed by atoms with van der Waals surface area (Å²) in [6.07, 6.45) is -0.411. The molecular weight excluding hydrogens is 380 g/mol. The standard InChI is InChI=1S/C24H24N2O4/c1-4-30-22-15-16(9-14-21(22)29-3)23-25-20-8-6-5-7-19(20)24(27)26(23)17-10-12-18(28-2)13-11-17/h5-15,23,25H,4H2,1-3H3/t23-/m0/s1. The number of methoxy groups -OCH3 is 2. The van der Waals surface area contributed by atoms with E-state index in [-0.39, 0.29) is 5.91 Å². The summed E-state index contributed by atoms with van der Waals surface area (Å²) in [5, 5.41) is 3.51. The largest absolute Gasteiger partial charge is 0.497 e. The molecule has 0 saturated heterocycles. The van der Waals surface area contributed by atoms with Crippen molar-refractivity contribution in [1.29, 1.82) is 0 Å². The monoisotopic (exact) mass is 404 g/mol. The Morgan fingerprint density at radius 3 is 2.40 bits per heavy atom. The summed E-state index contributed by atoms with van der Waals surface area (Å²) < 4.78 is 16.4. The highest BCUT2D eigenvalue weighted by Gasteiger charge is 2.34. The Morgan fingerprint density at radius 2 is 1.70 bits per heavy atom. The van der Waals surface area contributed by atoms with Gasteiger partial charge in [0, 0.05) is 11.4 Å². The Kier molecular flexibility index (Phi) is 5.48. The Hall–Kier alpha value is -3.67. The third-order valence-corrected chi connectivity index (χ3v) is 5.08. The molecule has 1 atom stereocenters. The second kappa shape index (κ2) is 8.37. The van der Waals surface area contributed by atoms with Gasteiger partial charge in [0.25, 0.3) is 5.91 Å². The maximum atomic E-state index is 13.5. The number of carbonyl (C=O) groups excluding carboxylic acids is 1. The number of benzene rings is 3. The Bertz CT molecular complexity index is 1050. The van der Waals surface area contributed by atoms with Gasteiger partial charge >= 0.3 is 0 Å². The molecule has 0 saturated carbocycles. The van der Waals surface area contributed by atoms with E-state index in [9.17, 15) is 4.79 Å². The lowest BCUT2D eigenvalue weighted by Gasteiger charge is -2.38. The second-order valence-corrected chi connectivity index (χ2v) is 6.81. The minimum Gasteiger partial charge on any atom is -0.497 e. The first-order chi connectivity index (χ1) is 14.7. The van der Waals surface area contributed by atoms with Gasteiger partial charge in [-0.25, -0.2) is 0 Å². The van der Waals surface area contributed by atoms with Gasteiger partial charge in [0.15, 0.2) is 11.5 Å². The lowest BCUT2D eigenvalue weighted by Crippen LogP contribution is -2.43. The van der Waals surface area contributed by atoms with Crippen molar-refractivity contribution in [3.8, 4) is 17.2 Å². The van der Waals surface area contributed by atoms with Crippen molar-refractivity contribution in [3.05, 3.63) is 77.9 Å². The average molecular weight is 404 g/mol. The van der Waals surface area contributed by atoms with Gasteiger partial charge in [-0.1, -0.05) is 18.2 Å². The first kappa shape index (κ1) is 19.6. The summed E-state index contributed by atoms with van der Waals surface area (Å²) in [6, 6.07) is 20.7. The van der Waals surface area contributed by atoms with Crippen LogP contribution in [-0.2, 0) is 0 Å². The minimum absolute atomic E-state index is 0.0757. The van der Waals surface area contributed by atoms with E-state index in [1.807, 2.05) is 73.7 Å². The highest BCUT2D eigenvalue weighted by atomic mass is 16.5. The van der Waals surface area contributed by atoms with Gasteiger partial charge in [-0.15, -0.1) is 0 Å². The molecule has 1 amide bonds. The molecule has 0 spiro atoms. The fourth-order valence-corrected chi connectivity index (χ4v) is 3.63. The number of nitrogens with one attached hydrogen (secondary N) is 1. The van der Waals surface area contributed by atoms with Gasteiger partial charge in [-0.05, 0) is 61.0 Å². The predicted octanol–water partition coefficient (Wildman–Crippen LogP) is 4.87. The van der Waals surface area contributed by atoms with Gasteiger partial charge in [0.05, 0.1) is 26.4 Å². The maximum absolute atomic E-state index is 13.5. The van der Waals surface area contributed by atoms with Crippen molar-refractivity contribution in [2.45, 2.75) is 13.1 Å². The fourth-order valence-electron chi connectivity index (χ4n) is 3.63. The zero-order valence-corrected chi connectivity index (χ0v) is 17.2. The molecule has 0 aliphatic carbocycles. The molecule has 3 aromatic rings. The SMILES string of the molecule is CCOc1cc([C@H]2Nc3ccccc3C(=O)N2c2ccc(OC)cc2)ccc1OC. The van der Waals surface area contributed by atoms with E-state index in [4.69, 9.17) is 14.2 Å². The van der Waals surface area contributed by atoms with Crippen LogP contribution in [-0.4, -0.2) is 26.7 Å². The van der Waals surface area contributed by atoms with Crippen LogP contribution < -0.4 is 24.4 Å². The van der Waals surface area contributed by atoms with E-state index in [1.165, 1.54) is 0 Å². The van der Waals surface area contributed by atoms with Crippen molar-refractivity contribution in [2.24, 2.45) is 0 Å². The lowest BCUT2D eigenvalue weighted by atomic mass is 10.0. The third-order valence-electron chi connectivity index (χ3n) is 5.08. The number of rotatable bonds is 6. The number of hydrogen-bond acceptors (Lipinski definition) is 5. The number of fused-ring (bicyclic) bond motifs is 1. The molecule has 154 valence electrons. The predicted molar refractivity (Wildman–Crippen MR) is 117 cm³/mol. The Morgan fingerprint density at radius 1 is 0.933 bits per heavy atom. The van der Waals surface area contributed by atoms with E-state index >= 15 is 0 Å². The number of para-hydroxylation sites is 1. The molecular formula is C24H24N2O4. The van der Waals surface area contributed by atoms with E-state index in [1.54, 1.807) is 19.1 Å². The van der Waals surface area contributed by atoms with Crippen LogP contribution in [0.25, 0.3) is 0 Å². The van der Waals surface area contributed by atoms with Gasteiger partial charge in [0.2, 0.25) is 0 Å². The van der Waals surface area contributed by atoms with Crippen LogP contribution in [0.4, 0.5) is 11.4 Å². The van der Waals surface area contributed by atoms with Crippen LogP contribution in [0.2, 0.25) is 0 Å². The molecule has 0 unspecified atom stereocenters. The van der Waals surface area contributed by atoms with Crippen LogP contribution in [0.5, 0.6) is 17.2 Å². The first-order valence-electron chi connectivity index (χ1n) is 9.80. The number of ether oxygens (including phenoxy) is 3. The molecule has 0 radical (unpaired) electrons. The number of carbonyl (C=O) groups is 1. The van der Waals surface area contributed by atoms with Crippen molar-refractivity contribution >= 4 is 17.3 Å². The lowest BCUT2D eigenvalue weighted by molar-refractivity contribution is 0.0975. The van der Waals surface area contributed by atoms with Gasteiger partial charge in [-0.3, -0.25) is 9.69 Å². The maximum Gasteiger partial charge on any atom is 0.262 e. The molecule has 1 N–H and O–H groups in total. The number of nitrogens with zero attached hydrogens (tertiary/aromatic N) is 1. The zero-order valence-electron chi connectivity index (χ0n) is 17.2. The van der Waals surface area contributed by atoms with Crippen molar-refractivity contribution in [1.82, 2.24) is 0 Å². The summed E-state index contributed by atoms with van der Waals surface area (Å²) in [5.41, 5.74) is 3.08. The molecule has 6 nitrogen and oxygen atoms in total. The summed E-state index contributed by atoms with van der Waals surface area (Å²) in [4.78, 5) is 15.2. The second-order valence-electron chi connectivity index (χ2n) is 6.81. The van der Waals surface area contributed by atoms with Crippen molar-refractivity contribution in [3.63, 3.8) is 0 Å². The van der Waals surface area contributed by atoms with Crippen LogP contribution in [0.3, 0.4) is 0 Å². The topological polar surface area (TPSA) is 60.0 Å². The van der Waals surface area contributed by atoms with E-state index in [0.717, 1.165) is 22.7 Å². The van der Waals surface area contributed by atoms with Crippen molar-refractivity contribution < 1.29 is 19.0 Å². The van der Waals surface area contributed by atoms with Crippen LogP contribution in [0.15, 0.2) is 66.7 Å². The summed E-state index contributed by atoms with van der Waals surface area (Å²) in [6.45, 7) is 2.44. The van der Waals surface area contributed by atoms with Gasteiger partial charge in [-0.2, -0.15) is 0 Å². The normalized spacial score (nSPS) is 15.2. The molecule has 1 heterocycles. The Labute approximate surface area is 176 Å². The molecule has 1 aliphatic rings. The van der Waals surface area contributed by atoms with E-state index in [2.05, 4.69) is 5.32 Å². The molecule has 0 bridgehead atoms. The summed E-state index contributed by atoms with van der Waals surface area (Å²) in [7, 11) is 3.23. The van der Waals surface area contributed by atoms with Crippen LogP contribution in [0.1, 0.15) is 29.0 Å². The zero-order chi connectivity index (χ0) is 21.1. The average Bonchev–Trinajstić information content (AvgIpc) is 2.79. The molecule has 0 fully saturated rings. The van der Waals surface area contributed by atoms with Crippen molar-refractivity contribution in [2.75, 3.05) is 31.0 Å². The molecule has 6 heteroatoms. The van der Waals surface area contributed by atoms with Crippen LogP contribution >= 0.6 is 0 Å². The Balaban J connectivity index is 1.82. The molecule has 30 heavy (non-hydrogen) atoms. The first-order valence-corrected chi connectivity index (χ1v) is 9.80. The summed E-state index contributed by atoms with van der Waals surface area (Å²) >= 11 is 0. The fraction of sp³-hybridized carbons (Fsp3) is 0.208. The summed E-state index contributed by atoms with van der Waals surface area (Å²) in [5.74, 6) is 1.95. The highest BCUT2D eigenvalue weighted by molar-refractivity contribution is 6.12. The smallest absolute Gasteiger partial charge is 0.262 e. The molecule has 3 aromatic carbocycles. The molecule has 0 aromatic heterocycles. The highest BCUT2D eigenvalue weighted by Crippen LogP contribution is 2.39. The van der Waals surface area contributed by atoms with E-state index in [0.29, 0.717) is 23.7 Å². The number of amides is 1. The number of anilines is 2. The molecule has 1 aliphatic heterocycles. The van der Waals surface area contributed by atoms with Crippen LogP contribution in [0, 0.1) is 0 Å². The van der Waals surface area contributed by atoms with Gasteiger partial charge < -0.3 is 19.5 Å². The van der Waals surface area contributed by atoms with Gasteiger partial charge in [0.1, 0.15) is 11.9 Å². The third kappa shape index (κ3) is 3.52. The minimum atomic E-state index is -0.411. The quantitative estimate of drug-likeness (QED) is 0.635.